The molecule has 1 aliphatic rings. The number of allylic oxidation sites excluding steroid dienone is 2. The van der Waals surface area contributed by atoms with Crippen molar-refractivity contribution < 1.29 is 4.74 Å². The Labute approximate surface area is 111 Å². The van der Waals surface area contributed by atoms with Gasteiger partial charge in [-0.1, -0.05) is 45.0 Å². The summed E-state index contributed by atoms with van der Waals surface area (Å²) in [5.41, 5.74) is 3.14. The van der Waals surface area contributed by atoms with Crippen LogP contribution in [0.3, 0.4) is 0 Å². The van der Waals surface area contributed by atoms with Crippen molar-refractivity contribution in [3.63, 3.8) is 0 Å². The van der Waals surface area contributed by atoms with E-state index in [-0.39, 0.29) is 0 Å². The molecule has 1 atom stereocenters. The maximum Gasteiger partial charge on any atom is 0.126 e. The molecule has 0 saturated carbocycles. The summed E-state index contributed by atoms with van der Waals surface area (Å²) in [4.78, 5) is 0. The molecule has 2 rings (SSSR count). The Bertz CT molecular complexity index is 437. The number of hydrogen-bond donors (Lipinski definition) is 0. The minimum absolute atomic E-state index is 0.419. The molecule has 1 nitrogen and oxygen atoms in total. The zero-order valence-electron chi connectivity index (χ0n) is 12.0. The first kappa shape index (κ1) is 13.2. The summed E-state index contributed by atoms with van der Waals surface area (Å²) in [6, 6.07) is 8.34. The van der Waals surface area contributed by atoms with Crippen molar-refractivity contribution in [3.8, 4) is 5.75 Å². The van der Waals surface area contributed by atoms with Gasteiger partial charge in [0.2, 0.25) is 0 Å². The summed E-state index contributed by atoms with van der Waals surface area (Å²) < 4.78 is 5.45. The first-order valence-electron chi connectivity index (χ1n) is 6.85. The van der Waals surface area contributed by atoms with E-state index in [9.17, 15) is 0 Å². The van der Waals surface area contributed by atoms with Gasteiger partial charge in [0.15, 0.2) is 0 Å². The molecule has 0 saturated heterocycles. The van der Waals surface area contributed by atoms with Crippen molar-refractivity contribution in [2.45, 2.75) is 40.0 Å². The molecule has 1 aromatic carbocycles. The summed E-state index contributed by atoms with van der Waals surface area (Å²) in [7, 11) is 1.75. The van der Waals surface area contributed by atoms with Crippen molar-refractivity contribution in [3.05, 3.63) is 35.9 Å². The molecule has 0 amide bonds. The third-order valence-electron chi connectivity index (χ3n) is 4.09. The molecule has 1 aromatic rings. The number of methoxy groups -OCH3 is 1. The van der Waals surface area contributed by atoms with Crippen LogP contribution < -0.4 is 4.74 Å². The Hall–Kier alpha value is -1.24. The van der Waals surface area contributed by atoms with Gasteiger partial charge in [-0.25, -0.2) is 0 Å². The van der Waals surface area contributed by atoms with Gasteiger partial charge >= 0.3 is 0 Å². The van der Waals surface area contributed by atoms with E-state index in [1.165, 1.54) is 30.4 Å². The third kappa shape index (κ3) is 2.77. The summed E-state index contributed by atoms with van der Waals surface area (Å²) in [5.74, 6) is 1.80. The van der Waals surface area contributed by atoms with Crippen LogP contribution in [0.4, 0.5) is 0 Å². The van der Waals surface area contributed by atoms with Gasteiger partial charge in [-0.2, -0.15) is 0 Å². The fraction of sp³-hybridized carbons (Fsp3) is 0.529. The van der Waals surface area contributed by atoms with Gasteiger partial charge < -0.3 is 4.74 Å². The molecule has 98 valence electrons. The van der Waals surface area contributed by atoms with Crippen LogP contribution in [0.1, 0.15) is 45.6 Å². The Morgan fingerprint density at radius 1 is 1.17 bits per heavy atom. The zero-order chi connectivity index (χ0) is 13.2. The van der Waals surface area contributed by atoms with Gasteiger partial charge in [-0.15, -0.1) is 0 Å². The van der Waals surface area contributed by atoms with Crippen molar-refractivity contribution in [1.29, 1.82) is 0 Å². The number of ether oxygens (including phenoxy) is 1. The third-order valence-corrected chi connectivity index (χ3v) is 4.09. The van der Waals surface area contributed by atoms with Gasteiger partial charge in [0.05, 0.1) is 7.11 Å². The lowest BCUT2D eigenvalue weighted by Gasteiger charge is -2.33. The zero-order valence-corrected chi connectivity index (χ0v) is 12.0. The summed E-state index contributed by atoms with van der Waals surface area (Å²) in [6.07, 6.45) is 6.06. The lowest BCUT2D eigenvalue weighted by Crippen LogP contribution is -2.22. The van der Waals surface area contributed by atoms with E-state index in [1.807, 2.05) is 12.1 Å². The van der Waals surface area contributed by atoms with Crippen LogP contribution in [0.5, 0.6) is 5.75 Å². The Morgan fingerprint density at radius 3 is 2.44 bits per heavy atom. The van der Waals surface area contributed by atoms with E-state index in [2.05, 4.69) is 39.0 Å². The van der Waals surface area contributed by atoms with Gasteiger partial charge in [-0.3, -0.25) is 0 Å². The average Bonchev–Trinajstić information content (AvgIpc) is 2.38. The normalized spacial score (nSPS) is 20.4. The maximum atomic E-state index is 5.45. The minimum atomic E-state index is 0.419. The molecule has 1 heteroatoms. The smallest absolute Gasteiger partial charge is 0.126 e. The predicted octanol–water partition coefficient (Wildman–Crippen LogP) is 4.92. The quantitative estimate of drug-likeness (QED) is 0.717. The lowest BCUT2D eigenvalue weighted by molar-refractivity contribution is 0.225. The molecular weight excluding hydrogens is 220 g/mol. The SMILES string of the molecule is COc1ccccc1C1=CCC(C(C)(C)C)CC1. The predicted molar refractivity (Wildman–Crippen MR) is 77.8 cm³/mol. The summed E-state index contributed by atoms with van der Waals surface area (Å²) >= 11 is 0. The molecule has 0 heterocycles. The highest BCUT2D eigenvalue weighted by atomic mass is 16.5. The van der Waals surface area contributed by atoms with Gasteiger partial charge in [-0.05, 0) is 42.2 Å². The Balaban J connectivity index is 2.19. The second-order valence-electron chi connectivity index (χ2n) is 6.27. The van der Waals surface area contributed by atoms with E-state index in [1.54, 1.807) is 7.11 Å². The Kier molecular flexibility index (Phi) is 3.79. The van der Waals surface area contributed by atoms with E-state index < -0.39 is 0 Å². The number of para-hydroxylation sites is 1. The monoisotopic (exact) mass is 244 g/mol. The first-order chi connectivity index (χ1) is 8.52. The second-order valence-corrected chi connectivity index (χ2v) is 6.27. The van der Waals surface area contributed by atoms with Crippen molar-refractivity contribution in [2.24, 2.45) is 11.3 Å². The minimum Gasteiger partial charge on any atom is -0.496 e. The van der Waals surface area contributed by atoms with Crippen molar-refractivity contribution >= 4 is 5.57 Å². The molecule has 1 aliphatic carbocycles. The van der Waals surface area contributed by atoms with Crippen LogP contribution in [-0.4, -0.2) is 7.11 Å². The molecule has 0 aromatic heterocycles. The molecule has 18 heavy (non-hydrogen) atoms. The fourth-order valence-electron chi connectivity index (χ4n) is 2.78. The molecule has 0 bridgehead atoms. The molecule has 0 N–H and O–H groups in total. The molecule has 0 aliphatic heterocycles. The number of benzene rings is 1. The maximum absolute atomic E-state index is 5.45. The average molecular weight is 244 g/mol. The van der Waals surface area contributed by atoms with Crippen LogP contribution in [0, 0.1) is 11.3 Å². The largest absolute Gasteiger partial charge is 0.496 e. The molecular formula is C17H24O. The lowest BCUT2D eigenvalue weighted by atomic mass is 9.72. The van der Waals surface area contributed by atoms with E-state index in [0.29, 0.717) is 5.41 Å². The highest BCUT2D eigenvalue weighted by Crippen LogP contribution is 2.41. The number of rotatable bonds is 2. The molecule has 0 fully saturated rings. The van der Waals surface area contributed by atoms with Gasteiger partial charge in [0.1, 0.15) is 5.75 Å². The van der Waals surface area contributed by atoms with Crippen LogP contribution in [-0.2, 0) is 0 Å². The van der Waals surface area contributed by atoms with E-state index >= 15 is 0 Å². The molecule has 0 spiro atoms. The van der Waals surface area contributed by atoms with Crippen LogP contribution in [0.15, 0.2) is 30.3 Å². The van der Waals surface area contributed by atoms with Crippen molar-refractivity contribution in [1.82, 2.24) is 0 Å². The standard InChI is InChI=1S/C17H24O/c1-17(2,3)14-11-9-13(10-12-14)15-7-5-6-8-16(15)18-4/h5-9,14H,10-12H2,1-4H3. The molecule has 1 unspecified atom stereocenters. The fourth-order valence-corrected chi connectivity index (χ4v) is 2.78. The summed E-state index contributed by atoms with van der Waals surface area (Å²) in [6.45, 7) is 7.04. The Morgan fingerprint density at radius 2 is 1.89 bits per heavy atom. The summed E-state index contributed by atoms with van der Waals surface area (Å²) in [5, 5.41) is 0. The van der Waals surface area contributed by atoms with Gasteiger partial charge in [0.25, 0.3) is 0 Å². The molecule has 0 radical (unpaired) electrons. The van der Waals surface area contributed by atoms with E-state index in [4.69, 9.17) is 4.74 Å². The second kappa shape index (κ2) is 5.17. The van der Waals surface area contributed by atoms with Crippen molar-refractivity contribution in [2.75, 3.05) is 7.11 Å². The first-order valence-corrected chi connectivity index (χ1v) is 6.85. The van der Waals surface area contributed by atoms with Crippen LogP contribution in [0.2, 0.25) is 0 Å². The highest BCUT2D eigenvalue weighted by Gasteiger charge is 2.26. The highest BCUT2D eigenvalue weighted by molar-refractivity contribution is 5.71. The van der Waals surface area contributed by atoms with Crippen LogP contribution in [0.25, 0.3) is 5.57 Å². The topological polar surface area (TPSA) is 9.23 Å². The van der Waals surface area contributed by atoms with Crippen LogP contribution >= 0.6 is 0 Å². The van der Waals surface area contributed by atoms with Gasteiger partial charge in [0, 0.05) is 5.56 Å². The number of hydrogen-bond acceptors (Lipinski definition) is 1. The van der Waals surface area contributed by atoms with E-state index in [0.717, 1.165) is 11.7 Å².